The summed E-state index contributed by atoms with van der Waals surface area (Å²) in [5.74, 6) is -2.49. The van der Waals surface area contributed by atoms with E-state index in [1.807, 2.05) is 0 Å². The van der Waals surface area contributed by atoms with Crippen LogP contribution in [0.4, 0.5) is 13.2 Å². The van der Waals surface area contributed by atoms with Gasteiger partial charge in [0.15, 0.2) is 5.78 Å². The van der Waals surface area contributed by atoms with Crippen molar-refractivity contribution in [3.05, 3.63) is 11.3 Å². The Morgan fingerprint density at radius 3 is 2.46 bits per heavy atom. The zero-order valence-corrected chi connectivity index (χ0v) is 6.56. The van der Waals surface area contributed by atoms with E-state index in [9.17, 15) is 18.0 Å². The lowest BCUT2D eigenvalue weighted by molar-refractivity contribution is -0.127. The van der Waals surface area contributed by atoms with E-state index in [-0.39, 0.29) is 18.3 Å². The van der Waals surface area contributed by atoms with Crippen molar-refractivity contribution in [1.29, 1.82) is 0 Å². The van der Waals surface area contributed by atoms with Gasteiger partial charge in [0.1, 0.15) is 0 Å². The average Bonchev–Trinajstić information content (AvgIpc) is 2.61. The highest BCUT2D eigenvalue weighted by molar-refractivity contribution is 6.00. The lowest BCUT2D eigenvalue weighted by Gasteiger charge is -2.08. The summed E-state index contributed by atoms with van der Waals surface area (Å²) in [6.45, 7) is 0. The highest BCUT2D eigenvalue weighted by atomic mass is 19.4. The highest BCUT2D eigenvalue weighted by Gasteiger charge is 2.54. The molecule has 2 aliphatic carbocycles. The van der Waals surface area contributed by atoms with E-state index < -0.39 is 23.3 Å². The largest absolute Gasteiger partial charge is 0.504 e. The quantitative estimate of drug-likeness (QED) is 0.470. The van der Waals surface area contributed by atoms with Gasteiger partial charge < -0.3 is 5.11 Å². The lowest BCUT2D eigenvalue weighted by atomic mass is 10.1. The van der Waals surface area contributed by atoms with Crippen LogP contribution in [0, 0.1) is 11.8 Å². The molecule has 0 heterocycles. The van der Waals surface area contributed by atoms with Gasteiger partial charge in [-0.3, -0.25) is 4.79 Å². The fourth-order valence-electron chi connectivity index (χ4n) is 1.84. The third-order valence-electron chi connectivity index (χ3n) is 2.57. The Morgan fingerprint density at radius 2 is 2.08 bits per heavy atom. The van der Waals surface area contributed by atoms with E-state index in [4.69, 9.17) is 5.11 Å². The highest BCUT2D eigenvalue weighted by Crippen LogP contribution is 2.55. The van der Waals surface area contributed by atoms with Crippen LogP contribution < -0.4 is 0 Å². The zero-order valence-electron chi connectivity index (χ0n) is 6.56. The number of hydrogen-bond donors (Lipinski definition) is 1. The van der Waals surface area contributed by atoms with E-state index >= 15 is 0 Å². The molecule has 5 heteroatoms. The minimum absolute atomic E-state index is 0.0620. The molecule has 2 saturated carbocycles. The Bertz CT molecular complexity index is 303. The Hall–Kier alpha value is -1.00. The van der Waals surface area contributed by atoms with Crippen molar-refractivity contribution >= 4 is 5.78 Å². The Balaban J connectivity index is 2.37. The van der Waals surface area contributed by atoms with Crippen molar-refractivity contribution < 1.29 is 23.1 Å². The monoisotopic (exact) mass is 192 g/mol. The van der Waals surface area contributed by atoms with Gasteiger partial charge in [0.25, 0.3) is 0 Å². The van der Waals surface area contributed by atoms with Crippen molar-refractivity contribution in [3.8, 4) is 0 Å². The lowest BCUT2D eigenvalue weighted by Crippen LogP contribution is -2.17. The zero-order chi connectivity index (χ0) is 9.80. The molecule has 72 valence electrons. The number of Topliss-reactive ketones (excluding diaryl/α,β-unsaturated/α-hetero) is 1. The molecule has 1 N–H and O–H groups in total. The minimum atomic E-state index is -4.78. The van der Waals surface area contributed by atoms with Gasteiger partial charge in [-0.15, -0.1) is 0 Å². The Labute approximate surface area is 72.0 Å². The van der Waals surface area contributed by atoms with Gasteiger partial charge in [-0.1, -0.05) is 0 Å². The van der Waals surface area contributed by atoms with Crippen LogP contribution in [0.15, 0.2) is 11.3 Å². The molecule has 0 bridgehead atoms. The fourth-order valence-corrected chi connectivity index (χ4v) is 1.84. The minimum Gasteiger partial charge on any atom is -0.504 e. The molecular formula is C8H7F3O2. The van der Waals surface area contributed by atoms with Crippen LogP contribution in [0.1, 0.15) is 12.8 Å². The second-order valence-corrected chi connectivity index (χ2v) is 3.49. The fraction of sp³-hybridized carbons (Fsp3) is 0.625. The van der Waals surface area contributed by atoms with Gasteiger partial charge in [0, 0.05) is 12.0 Å². The van der Waals surface area contributed by atoms with Crippen LogP contribution in [-0.4, -0.2) is 17.1 Å². The van der Waals surface area contributed by atoms with Crippen molar-refractivity contribution in [2.45, 2.75) is 19.0 Å². The molecular weight excluding hydrogens is 185 g/mol. The number of fused-ring (bicyclic) bond motifs is 1. The Morgan fingerprint density at radius 1 is 1.46 bits per heavy atom. The maximum absolute atomic E-state index is 12.0. The summed E-state index contributed by atoms with van der Waals surface area (Å²) >= 11 is 0. The number of allylic oxidation sites excluding steroid dienone is 2. The Kier molecular flexibility index (Phi) is 1.50. The van der Waals surface area contributed by atoms with Gasteiger partial charge >= 0.3 is 6.18 Å². The molecule has 0 unspecified atom stereocenters. The normalized spacial score (nSPS) is 36.1. The SMILES string of the molecule is O=C1C[C@@H]2C[C@@H]2/C1=C(/O)C(F)(F)F. The third kappa shape index (κ3) is 1.22. The van der Waals surface area contributed by atoms with Crippen molar-refractivity contribution in [1.82, 2.24) is 0 Å². The average molecular weight is 192 g/mol. The maximum atomic E-state index is 12.0. The van der Waals surface area contributed by atoms with E-state index in [1.54, 1.807) is 0 Å². The van der Waals surface area contributed by atoms with Crippen molar-refractivity contribution in [2.75, 3.05) is 0 Å². The van der Waals surface area contributed by atoms with Gasteiger partial charge in [-0.05, 0) is 18.3 Å². The first kappa shape index (κ1) is 8.59. The molecule has 2 fully saturated rings. The molecule has 0 spiro atoms. The summed E-state index contributed by atoms with van der Waals surface area (Å²) in [4.78, 5) is 11.0. The summed E-state index contributed by atoms with van der Waals surface area (Å²) in [5.41, 5.74) is -0.391. The van der Waals surface area contributed by atoms with Crippen LogP contribution in [0.5, 0.6) is 0 Å². The molecule has 2 nitrogen and oxygen atoms in total. The summed E-state index contributed by atoms with van der Waals surface area (Å²) in [6, 6.07) is 0. The molecule has 13 heavy (non-hydrogen) atoms. The summed E-state index contributed by atoms with van der Waals surface area (Å²) < 4.78 is 36.0. The van der Waals surface area contributed by atoms with Gasteiger partial charge in [-0.2, -0.15) is 13.2 Å². The predicted octanol–water partition coefficient (Wildman–Crippen LogP) is 1.97. The molecule has 0 aromatic carbocycles. The number of aliphatic hydroxyl groups excluding tert-OH is 1. The van der Waals surface area contributed by atoms with Crippen LogP contribution in [0.3, 0.4) is 0 Å². The first-order chi connectivity index (χ1) is 5.91. The number of rotatable bonds is 0. The van der Waals surface area contributed by atoms with Gasteiger partial charge in [0.05, 0.1) is 0 Å². The topological polar surface area (TPSA) is 37.3 Å². The number of ketones is 1. The number of alkyl halides is 3. The number of hydrogen-bond acceptors (Lipinski definition) is 2. The third-order valence-corrected chi connectivity index (χ3v) is 2.57. The van der Waals surface area contributed by atoms with Crippen molar-refractivity contribution in [2.24, 2.45) is 11.8 Å². The number of carbonyl (C=O) groups is 1. The predicted molar refractivity (Wildman–Crippen MR) is 36.9 cm³/mol. The van der Waals surface area contributed by atoms with Crippen molar-refractivity contribution in [3.63, 3.8) is 0 Å². The molecule has 2 atom stereocenters. The van der Waals surface area contributed by atoms with Crippen LogP contribution in [-0.2, 0) is 4.79 Å². The standard InChI is InChI=1S/C8H7F3O2/c9-8(10,11)7(13)6-4-1-3(4)2-5(6)12/h3-4,13H,1-2H2/b7-6-/t3-,4-/m0/s1. The molecule has 0 aromatic heterocycles. The summed E-state index contributed by atoms with van der Waals surface area (Å²) in [7, 11) is 0. The number of halogens is 3. The maximum Gasteiger partial charge on any atom is 0.449 e. The summed E-state index contributed by atoms with van der Waals surface area (Å²) in [6.07, 6.45) is -4.00. The molecule has 0 radical (unpaired) electrons. The van der Waals surface area contributed by atoms with Crippen LogP contribution in [0.25, 0.3) is 0 Å². The van der Waals surface area contributed by atoms with Gasteiger partial charge in [0.2, 0.25) is 5.76 Å². The number of carbonyl (C=O) groups excluding carboxylic acids is 1. The first-order valence-electron chi connectivity index (χ1n) is 3.94. The van der Waals surface area contributed by atoms with Gasteiger partial charge in [-0.25, -0.2) is 0 Å². The second kappa shape index (κ2) is 2.27. The molecule has 0 aromatic rings. The van der Waals surface area contributed by atoms with E-state index in [0.717, 1.165) is 0 Å². The first-order valence-corrected chi connectivity index (χ1v) is 3.94. The van der Waals surface area contributed by atoms with E-state index in [1.165, 1.54) is 0 Å². The molecule has 2 aliphatic rings. The van der Waals surface area contributed by atoms with Crippen LogP contribution in [0.2, 0.25) is 0 Å². The second-order valence-electron chi connectivity index (χ2n) is 3.49. The smallest absolute Gasteiger partial charge is 0.449 e. The van der Waals surface area contributed by atoms with Crippen LogP contribution >= 0.6 is 0 Å². The van der Waals surface area contributed by atoms with E-state index in [0.29, 0.717) is 6.42 Å². The molecule has 0 amide bonds. The number of aliphatic hydroxyl groups is 1. The molecule has 2 rings (SSSR count). The molecule has 0 saturated heterocycles. The summed E-state index contributed by atoms with van der Waals surface area (Å²) in [5, 5.41) is 8.79. The molecule has 0 aliphatic heterocycles. The van der Waals surface area contributed by atoms with E-state index in [2.05, 4.69) is 0 Å².